The van der Waals surface area contributed by atoms with Crippen molar-refractivity contribution in [3.8, 4) is 0 Å². The molecule has 2 heterocycles. The van der Waals surface area contributed by atoms with Gasteiger partial charge in [0.05, 0.1) is 0 Å². The summed E-state index contributed by atoms with van der Waals surface area (Å²) < 4.78 is 11.6. The van der Waals surface area contributed by atoms with E-state index in [-0.39, 0.29) is 34.1 Å². The number of furan rings is 2. The van der Waals surface area contributed by atoms with Crippen LogP contribution in [0.25, 0.3) is 24.3 Å². The molecule has 4 aliphatic carbocycles. The van der Waals surface area contributed by atoms with E-state index in [1.165, 1.54) is 0 Å². The molecule has 0 bridgehead atoms. The average Bonchev–Trinajstić information content (AvgIpc) is 3.78. The zero-order valence-corrected chi connectivity index (χ0v) is 22.9. The van der Waals surface area contributed by atoms with Gasteiger partial charge < -0.3 is 8.83 Å². The van der Waals surface area contributed by atoms with E-state index < -0.39 is 0 Å². The van der Waals surface area contributed by atoms with E-state index in [0.717, 1.165) is 34.9 Å². The van der Waals surface area contributed by atoms with Gasteiger partial charge in [-0.15, -0.1) is 0 Å². The van der Waals surface area contributed by atoms with Crippen LogP contribution in [-0.4, -0.2) is 0 Å². The number of hydrogen-bond acceptors (Lipinski definition) is 2. The molecule has 0 aliphatic heterocycles. The molecule has 0 atom stereocenters. The molecule has 20 radical (unpaired) electrons. The molecular weight excluding hydrogens is 552 g/mol. The molecule has 0 unspecified atom stereocenters. The molecule has 2 aromatic heterocycles. The van der Waals surface area contributed by atoms with Gasteiger partial charge in [0, 0.05) is 46.0 Å². The van der Waals surface area contributed by atoms with E-state index in [4.69, 9.17) is 8.83 Å². The molecule has 0 saturated heterocycles. The van der Waals surface area contributed by atoms with Crippen molar-refractivity contribution in [3.05, 3.63) is 187 Å². The number of hydrogen-bond donors (Lipinski definition) is 0. The molecule has 4 fully saturated rings. The molecule has 2 aromatic rings. The Kier molecular flexibility index (Phi) is 17.2. The summed E-state index contributed by atoms with van der Waals surface area (Å²) in [5.74, 6) is 5.55. The second kappa shape index (κ2) is 19.8. The quantitative estimate of drug-likeness (QED) is 0.325. The largest absolute Gasteiger partial charge is 0.457 e. The fourth-order valence-electron chi connectivity index (χ4n) is 3.26. The SMILES string of the molecule is [CH]1[CH][CH][CH][CH]1.[CH]1[CH][CH][CH][CH]1.[CH]1[CH][CH][C](/C=C/c2ccc(/C=C/c3ccc(/C=C/[C]4[CH][CH][CH][CH]4)o3)o2)[CH]1.[Fe].[Fe]. The third kappa shape index (κ3) is 12.8. The molecule has 192 valence electrons. The zero-order valence-electron chi connectivity index (χ0n) is 20.7. The molecule has 4 saturated carbocycles. The summed E-state index contributed by atoms with van der Waals surface area (Å²) >= 11 is 0. The van der Waals surface area contributed by atoms with E-state index in [1.54, 1.807) is 0 Å². The van der Waals surface area contributed by atoms with Crippen molar-refractivity contribution in [2.45, 2.75) is 0 Å². The first kappa shape index (κ1) is 33.0. The predicted molar refractivity (Wildman–Crippen MR) is 148 cm³/mol. The van der Waals surface area contributed by atoms with Crippen molar-refractivity contribution >= 4 is 24.3 Å². The topological polar surface area (TPSA) is 26.3 Å². The van der Waals surface area contributed by atoms with Gasteiger partial charge in [-0.1, -0.05) is 12.2 Å². The summed E-state index contributed by atoms with van der Waals surface area (Å²) in [6.45, 7) is 0. The Labute approximate surface area is 253 Å². The summed E-state index contributed by atoms with van der Waals surface area (Å²) in [5.41, 5.74) is 0. The maximum atomic E-state index is 5.78. The van der Waals surface area contributed by atoms with Crippen LogP contribution in [0.15, 0.2) is 45.3 Å². The summed E-state index contributed by atoms with van der Waals surface area (Å²) in [5, 5.41) is 0. The van der Waals surface area contributed by atoms with E-state index in [2.05, 4.69) is 25.7 Å². The van der Waals surface area contributed by atoms with Crippen LogP contribution in [0.2, 0.25) is 0 Å². The van der Waals surface area contributed by atoms with Gasteiger partial charge in [-0.05, 0) is 164 Å². The maximum Gasteiger partial charge on any atom is 0.127 e. The van der Waals surface area contributed by atoms with E-state index in [0.29, 0.717) is 0 Å². The third-order valence-electron chi connectivity index (χ3n) is 5.08. The van der Waals surface area contributed by atoms with Crippen LogP contribution < -0.4 is 0 Å². The first-order valence-corrected chi connectivity index (χ1v) is 11.9. The molecular formula is C34H28Fe2O2. The number of allylic oxidation sites excluding steroid dienone is 2. The Balaban J connectivity index is 0.000000354. The smallest absolute Gasteiger partial charge is 0.127 e. The predicted octanol–water partition coefficient (Wildman–Crippen LogP) is 7.92. The van der Waals surface area contributed by atoms with Gasteiger partial charge in [0.1, 0.15) is 23.0 Å². The molecule has 0 amide bonds. The van der Waals surface area contributed by atoms with Gasteiger partial charge in [-0.25, -0.2) is 0 Å². The molecule has 4 aliphatic rings. The molecule has 0 aromatic carbocycles. The van der Waals surface area contributed by atoms with Crippen LogP contribution in [0.1, 0.15) is 23.0 Å². The van der Waals surface area contributed by atoms with Crippen LogP contribution >= 0.6 is 0 Å². The Hall–Kier alpha value is -1.18. The summed E-state index contributed by atoms with van der Waals surface area (Å²) in [4.78, 5) is 0. The van der Waals surface area contributed by atoms with Gasteiger partial charge in [-0.2, -0.15) is 0 Å². The standard InChI is InChI=1S/C24H18O2.2C5H5.2Fe/c1-2-6-19(5-1)9-11-21-13-15-23(25-21)17-18-24-16-14-22(26-24)12-10-20-7-3-4-8-20;2*1-2-4-5-3-1;;/h1-18H;2*1-5H;;/b11-9+,12-10+,18-17+;;;;. The Morgan fingerprint density at radius 1 is 0.316 bits per heavy atom. The summed E-state index contributed by atoms with van der Waals surface area (Å²) in [6, 6.07) is 7.80. The van der Waals surface area contributed by atoms with Crippen molar-refractivity contribution in [2.24, 2.45) is 0 Å². The van der Waals surface area contributed by atoms with Crippen molar-refractivity contribution < 1.29 is 43.0 Å². The average molecular weight is 580 g/mol. The molecule has 0 spiro atoms. The van der Waals surface area contributed by atoms with Gasteiger partial charge in [0.2, 0.25) is 0 Å². The van der Waals surface area contributed by atoms with Crippen molar-refractivity contribution in [2.75, 3.05) is 0 Å². The fourth-order valence-corrected chi connectivity index (χ4v) is 3.26. The van der Waals surface area contributed by atoms with Gasteiger partial charge in [-0.3, -0.25) is 0 Å². The minimum atomic E-state index is 0. The third-order valence-corrected chi connectivity index (χ3v) is 5.08. The first-order valence-electron chi connectivity index (χ1n) is 11.9. The van der Waals surface area contributed by atoms with E-state index >= 15 is 0 Å². The maximum absolute atomic E-state index is 5.78. The van der Waals surface area contributed by atoms with Crippen LogP contribution in [-0.2, 0) is 34.1 Å². The minimum Gasteiger partial charge on any atom is -0.457 e. The minimum absolute atomic E-state index is 0. The Bertz CT molecular complexity index is 840. The second-order valence-electron chi connectivity index (χ2n) is 7.84. The van der Waals surface area contributed by atoms with Gasteiger partial charge >= 0.3 is 0 Å². The fraction of sp³-hybridized carbons (Fsp3) is 0. The van der Waals surface area contributed by atoms with Crippen LogP contribution in [0.5, 0.6) is 0 Å². The molecule has 0 N–H and O–H groups in total. The van der Waals surface area contributed by atoms with Crippen LogP contribution in [0, 0.1) is 127 Å². The van der Waals surface area contributed by atoms with Crippen molar-refractivity contribution in [1.29, 1.82) is 0 Å². The first-order chi connectivity index (χ1) is 17.8. The molecule has 38 heavy (non-hydrogen) atoms. The van der Waals surface area contributed by atoms with Crippen LogP contribution in [0.3, 0.4) is 0 Å². The van der Waals surface area contributed by atoms with Crippen molar-refractivity contribution in [1.82, 2.24) is 0 Å². The Morgan fingerprint density at radius 3 is 0.816 bits per heavy atom. The molecule has 4 heteroatoms. The van der Waals surface area contributed by atoms with Gasteiger partial charge in [0.25, 0.3) is 0 Å². The van der Waals surface area contributed by atoms with E-state index in [1.807, 2.05) is 151 Å². The molecule has 2 nitrogen and oxygen atoms in total. The molecule has 6 rings (SSSR count). The normalized spacial score (nSPS) is 19.9. The monoisotopic (exact) mass is 580 g/mol. The summed E-state index contributed by atoms with van der Waals surface area (Å²) in [7, 11) is 0. The number of rotatable bonds is 6. The zero-order chi connectivity index (χ0) is 24.7. The van der Waals surface area contributed by atoms with Crippen LogP contribution in [0.4, 0.5) is 0 Å². The Morgan fingerprint density at radius 2 is 0.553 bits per heavy atom. The second-order valence-corrected chi connectivity index (χ2v) is 7.84. The summed E-state index contributed by atoms with van der Waals surface area (Å²) in [6.07, 6.45) is 48.1. The van der Waals surface area contributed by atoms with Crippen molar-refractivity contribution in [3.63, 3.8) is 0 Å². The van der Waals surface area contributed by atoms with E-state index in [9.17, 15) is 0 Å². The van der Waals surface area contributed by atoms with Gasteiger partial charge in [0.15, 0.2) is 0 Å².